The molecule has 2 amide bonds. The van der Waals surface area contributed by atoms with Crippen molar-refractivity contribution in [3.63, 3.8) is 0 Å². The van der Waals surface area contributed by atoms with Crippen LogP contribution in [-0.2, 0) is 14.8 Å². The Bertz CT molecular complexity index is 1030. The van der Waals surface area contributed by atoms with Crippen molar-refractivity contribution in [1.29, 1.82) is 0 Å². The molecule has 9 heteroatoms. The van der Waals surface area contributed by atoms with Crippen molar-refractivity contribution in [2.45, 2.75) is 38.1 Å². The number of nitrogens with one attached hydrogen (secondary N) is 2. The zero-order valence-corrected chi connectivity index (χ0v) is 18.1. The van der Waals surface area contributed by atoms with E-state index in [1.165, 1.54) is 18.6 Å². The number of halogens is 1. The minimum atomic E-state index is -3.79. The van der Waals surface area contributed by atoms with Crippen molar-refractivity contribution in [3.05, 3.63) is 59.9 Å². The molecule has 0 aromatic heterocycles. The molecule has 2 aromatic carbocycles. The molecule has 1 fully saturated rings. The third-order valence-corrected chi connectivity index (χ3v) is 6.33. The van der Waals surface area contributed by atoms with Gasteiger partial charge in [0.05, 0.1) is 23.2 Å². The zero-order chi connectivity index (χ0) is 22.4. The van der Waals surface area contributed by atoms with E-state index in [9.17, 15) is 22.4 Å². The van der Waals surface area contributed by atoms with Gasteiger partial charge in [-0.1, -0.05) is 31.4 Å². The number of hydrogen-bond acceptors (Lipinski definition) is 4. The largest absolute Gasteiger partial charge is 0.349 e. The van der Waals surface area contributed by atoms with Crippen LogP contribution in [0.2, 0.25) is 0 Å². The van der Waals surface area contributed by atoms with Crippen LogP contribution in [0, 0.1) is 5.82 Å². The maximum Gasteiger partial charge on any atom is 0.253 e. The molecular weight excluding hydrogens is 421 g/mol. The Labute approximate surface area is 181 Å². The molecule has 0 heterocycles. The van der Waals surface area contributed by atoms with Gasteiger partial charge < -0.3 is 10.6 Å². The lowest BCUT2D eigenvalue weighted by molar-refractivity contribution is -0.114. The Morgan fingerprint density at radius 2 is 1.68 bits per heavy atom. The zero-order valence-electron chi connectivity index (χ0n) is 17.3. The fourth-order valence-corrected chi connectivity index (χ4v) is 4.48. The predicted molar refractivity (Wildman–Crippen MR) is 118 cm³/mol. The molecule has 0 unspecified atom stereocenters. The number of carbonyl (C=O) groups excluding carboxylic acids is 2. The highest BCUT2D eigenvalue weighted by molar-refractivity contribution is 7.92. The smallest absolute Gasteiger partial charge is 0.253 e. The van der Waals surface area contributed by atoms with Crippen molar-refractivity contribution in [3.8, 4) is 0 Å². The molecule has 0 atom stereocenters. The Hall–Kier alpha value is -2.94. The van der Waals surface area contributed by atoms with Crippen LogP contribution in [0.1, 0.15) is 42.5 Å². The van der Waals surface area contributed by atoms with E-state index in [0.29, 0.717) is 11.3 Å². The van der Waals surface area contributed by atoms with Crippen molar-refractivity contribution in [2.24, 2.45) is 0 Å². The van der Waals surface area contributed by atoms with Crippen LogP contribution in [0.25, 0.3) is 0 Å². The van der Waals surface area contributed by atoms with E-state index in [-0.39, 0.29) is 17.6 Å². The van der Waals surface area contributed by atoms with E-state index in [1.807, 2.05) is 0 Å². The first-order chi connectivity index (χ1) is 14.7. The minimum Gasteiger partial charge on any atom is -0.349 e. The molecule has 0 radical (unpaired) electrons. The SMILES string of the molecule is CS(=O)(=O)N(CC(=O)Nc1ccccc1C(=O)NC1CCCCC1)c1ccc(F)cc1. The van der Waals surface area contributed by atoms with Crippen LogP contribution >= 0.6 is 0 Å². The van der Waals surface area contributed by atoms with Gasteiger partial charge in [0, 0.05) is 6.04 Å². The summed E-state index contributed by atoms with van der Waals surface area (Å²) in [5.41, 5.74) is 0.782. The quantitative estimate of drug-likeness (QED) is 0.681. The van der Waals surface area contributed by atoms with Crippen molar-refractivity contribution in [1.82, 2.24) is 5.32 Å². The number of para-hydroxylation sites is 1. The summed E-state index contributed by atoms with van der Waals surface area (Å²) in [6.45, 7) is -0.511. The van der Waals surface area contributed by atoms with E-state index >= 15 is 0 Å². The average Bonchev–Trinajstić information content (AvgIpc) is 2.73. The van der Waals surface area contributed by atoms with Crippen LogP contribution in [0.4, 0.5) is 15.8 Å². The van der Waals surface area contributed by atoms with Gasteiger partial charge in [0.2, 0.25) is 15.9 Å². The lowest BCUT2D eigenvalue weighted by Gasteiger charge is -2.24. The van der Waals surface area contributed by atoms with E-state index in [0.717, 1.165) is 48.4 Å². The molecule has 0 bridgehead atoms. The molecule has 0 aliphatic heterocycles. The van der Waals surface area contributed by atoms with Crippen LogP contribution in [0.15, 0.2) is 48.5 Å². The summed E-state index contributed by atoms with van der Waals surface area (Å²) >= 11 is 0. The number of hydrogen-bond donors (Lipinski definition) is 2. The highest BCUT2D eigenvalue weighted by Crippen LogP contribution is 2.21. The fraction of sp³-hybridized carbons (Fsp3) is 0.364. The number of amides is 2. The van der Waals surface area contributed by atoms with E-state index in [1.54, 1.807) is 24.3 Å². The van der Waals surface area contributed by atoms with Crippen LogP contribution in [0.5, 0.6) is 0 Å². The lowest BCUT2D eigenvalue weighted by Crippen LogP contribution is -2.38. The molecule has 1 saturated carbocycles. The summed E-state index contributed by atoms with van der Waals surface area (Å²) in [6, 6.07) is 11.5. The molecule has 2 N–H and O–H groups in total. The van der Waals surface area contributed by atoms with Gasteiger partial charge in [0.1, 0.15) is 12.4 Å². The molecule has 0 saturated heterocycles. The van der Waals surface area contributed by atoms with Gasteiger partial charge in [-0.15, -0.1) is 0 Å². The summed E-state index contributed by atoms with van der Waals surface area (Å²) in [7, 11) is -3.79. The summed E-state index contributed by atoms with van der Waals surface area (Å²) < 4.78 is 38.5. The third-order valence-electron chi connectivity index (χ3n) is 5.19. The first-order valence-corrected chi connectivity index (χ1v) is 12.0. The van der Waals surface area contributed by atoms with Gasteiger partial charge in [-0.2, -0.15) is 0 Å². The second-order valence-electron chi connectivity index (χ2n) is 7.65. The number of benzene rings is 2. The van der Waals surface area contributed by atoms with E-state index in [4.69, 9.17) is 0 Å². The molecule has 166 valence electrons. The summed E-state index contributed by atoms with van der Waals surface area (Å²) in [5, 5.41) is 5.65. The van der Waals surface area contributed by atoms with Crippen molar-refractivity contribution < 1.29 is 22.4 Å². The normalized spacial score (nSPS) is 14.6. The Balaban J connectivity index is 1.73. The van der Waals surface area contributed by atoms with Gasteiger partial charge in [-0.05, 0) is 49.2 Å². The molecular formula is C22H26FN3O4S. The van der Waals surface area contributed by atoms with Gasteiger partial charge in [0.15, 0.2) is 0 Å². The fourth-order valence-electron chi connectivity index (χ4n) is 3.63. The van der Waals surface area contributed by atoms with Gasteiger partial charge in [-0.3, -0.25) is 13.9 Å². The molecule has 7 nitrogen and oxygen atoms in total. The summed E-state index contributed by atoms with van der Waals surface area (Å²) in [5.74, 6) is -1.41. The Morgan fingerprint density at radius 1 is 1.03 bits per heavy atom. The van der Waals surface area contributed by atoms with Crippen molar-refractivity contribution in [2.75, 3.05) is 22.4 Å². The number of carbonyl (C=O) groups is 2. The van der Waals surface area contributed by atoms with Gasteiger partial charge in [0.25, 0.3) is 5.91 Å². The lowest BCUT2D eigenvalue weighted by atomic mass is 9.95. The van der Waals surface area contributed by atoms with Crippen LogP contribution in [-0.4, -0.2) is 39.1 Å². The molecule has 1 aliphatic rings. The molecule has 2 aromatic rings. The molecule has 0 spiro atoms. The first kappa shape index (κ1) is 22.7. The number of anilines is 2. The molecule has 1 aliphatic carbocycles. The first-order valence-electron chi connectivity index (χ1n) is 10.2. The van der Waals surface area contributed by atoms with Gasteiger partial charge >= 0.3 is 0 Å². The standard InChI is InChI=1S/C22H26FN3O4S/c1-31(29,30)26(18-13-11-16(23)12-14-18)15-21(27)25-20-10-6-5-9-19(20)22(28)24-17-7-3-2-4-8-17/h5-6,9-14,17H,2-4,7-8,15H2,1H3,(H,24,28)(H,25,27). The molecule has 3 rings (SSSR count). The summed E-state index contributed by atoms with van der Waals surface area (Å²) in [6.07, 6.45) is 6.16. The maximum absolute atomic E-state index is 13.2. The highest BCUT2D eigenvalue weighted by atomic mass is 32.2. The maximum atomic E-state index is 13.2. The van der Waals surface area contributed by atoms with E-state index < -0.39 is 28.3 Å². The van der Waals surface area contributed by atoms with E-state index in [2.05, 4.69) is 10.6 Å². The number of sulfonamides is 1. The monoisotopic (exact) mass is 447 g/mol. The predicted octanol–water partition coefficient (Wildman–Crippen LogP) is 3.29. The van der Waals surface area contributed by atoms with Gasteiger partial charge in [-0.25, -0.2) is 12.8 Å². The second kappa shape index (κ2) is 9.91. The summed E-state index contributed by atoms with van der Waals surface area (Å²) in [4.78, 5) is 25.4. The molecule has 31 heavy (non-hydrogen) atoms. The van der Waals surface area contributed by atoms with Crippen molar-refractivity contribution >= 4 is 33.2 Å². The highest BCUT2D eigenvalue weighted by Gasteiger charge is 2.23. The topological polar surface area (TPSA) is 95.6 Å². The van der Waals surface area contributed by atoms with Crippen LogP contribution < -0.4 is 14.9 Å². The Morgan fingerprint density at radius 3 is 2.32 bits per heavy atom. The Kier molecular flexibility index (Phi) is 7.27. The number of rotatable bonds is 7. The average molecular weight is 448 g/mol. The minimum absolute atomic E-state index is 0.115. The third kappa shape index (κ3) is 6.27. The van der Waals surface area contributed by atoms with Crippen LogP contribution in [0.3, 0.4) is 0 Å². The number of nitrogens with zero attached hydrogens (tertiary/aromatic N) is 1. The second-order valence-corrected chi connectivity index (χ2v) is 9.56.